The van der Waals surface area contributed by atoms with Gasteiger partial charge in [0.25, 0.3) is 0 Å². The van der Waals surface area contributed by atoms with Crippen LogP contribution in [-0.2, 0) is 10.0 Å². The minimum Gasteiger partial charge on any atom is -0.383 e. The van der Waals surface area contributed by atoms with Gasteiger partial charge in [-0.1, -0.05) is 32.6 Å². The normalized spacial score (nSPS) is 13.3. The number of anilines is 1. The summed E-state index contributed by atoms with van der Waals surface area (Å²) in [5.41, 5.74) is 5.64. The van der Waals surface area contributed by atoms with E-state index in [4.69, 9.17) is 5.73 Å². The molecule has 1 aromatic rings. The summed E-state index contributed by atoms with van der Waals surface area (Å²) in [6.07, 6.45) is 6.79. The Hall–Kier alpha value is -0.660. The van der Waals surface area contributed by atoms with E-state index < -0.39 is 10.0 Å². The van der Waals surface area contributed by atoms with Crippen LogP contribution in [0.2, 0.25) is 0 Å². The average molecular weight is 364 g/mol. The minimum atomic E-state index is -3.62. The molecule has 0 radical (unpaired) electrons. The molecule has 1 heterocycles. The number of nitrogens with two attached hydrogens (primary N) is 1. The van der Waals surface area contributed by atoms with Gasteiger partial charge in [-0.05, 0) is 35.3 Å². The summed E-state index contributed by atoms with van der Waals surface area (Å²) in [5, 5.41) is 0. The van der Waals surface area contributed by atoms with Crippen LogP contribution in [-0.4, -0.2) is 19.4 Å². The number of halogens is 1. The topological polar surface area (TPSA) is 85.1 Å². The van der Waals surface area contributed by atoms with Crippen LogP contribution in [0.15, 0.2) is 21.6 Å². The maximum Gasteiger partial charge on any atom is 0.244 e. The van der Waals surface area contributed by atoms with Gasteiger partial charge < -0.3 is 5.73 Å². The number of unbranched alkanes of at least 4 members (excludes halogenated alkanes) is 3. The lowest BCUT2D eigenvalue weighted by Crippen LogP contribution is -2.33. The average Bonchev–Trinajstić information content (AvgIpc) is 2.37. The molecule has 0 aliphatic carbocycles. The molecule has 0 saturated carbocycles. The molecule has 1 atom stereocenters. The van der Waals surface area contributed by atoms with Crippen LogP contribution in [0.1, 0.15) is 46.0 Å². The maximum atomic E-state index is 12.3. The van der Waals surface area contributed by atoms with E-state index in [2.05, 4.69) is 32.6 Å². The van der Waals surface area contributed by atoms with Gasteiger partial charge in [-0.15, -0.1) is 0 Å². The van der Waals surface area contributed by atoms with Crippen molar-refractivity contribution in [2.24, 2.45) is 0 Å². The Labute approximate surface area is 129 Å². The van der Waals surface area contributed by atoms with Crippen LogP contribution >= 0.6 is 15.9 Å². The summed E-state index contributed by atoms with van der Waals surface area (Å²) in [6.45, 7) is 4.01. The number of nitrogens with zero attached hydrogens (tertiary/aromatic N) is 1. The third-order valence-electron chi connectivity index (χ3n) is 2.98. The summed E-state index contributed by atoms with van der Waals surface area (Å²) in [5.74, 6) is 0.0129. The number of aromatic nitrogens is 1. The first-order valence-electron chi connectivity index (χ1n) is 6.80. The quantitative estimate of drug-likeness (QED) is 0.695. The van der Waals surface area contributed by atoms with Crippen LogP contribution in [0.4, 0.5) is 5.82 Å². The van der Waals surface area contributed by atoms with Crippen LogP contribution < -0.4 is 10.5 Å². The fourth-order valence-electron chi connectivity index (χ4n) is 1.91. The molecule has 1 unspecified atom stereocenters. The van der Waals surface area contributed by atoms with Gasteiger partial charge in [-0.25, -0.2) is 18.1 Å². The predicted molar refractivity (Wildman–Crippen MR) is 84.9 cm³/mol. The van der Waals surface area contributed by atoms with Gasteiger partial charge >= 0.3 is 0 Å². The molecule has 0 saturated heterocycles. The first kappa shape index (κ1) is 17.4. The highest BCUT2D eigenvalue weighted by atomic mass is 79.9. The molecule has 0 aliphatic rings. The Morgan fingerprint density at radius 1 is 1.40 bits per heavy atom. The lowest BCUT2D eigenvalue weighted by molar-refractivity contribution is 0.522. The summed E-state index contributed by atoms with van der Waals surface area (Å²) < 4.78 is 27.7. The zero-order valence-corrected chi connectivity index (χ0v) is 14.3. The number of hydrogen-bond donors (Lipinski definition) is 2. The van der Waals surface area contributed by atoms with Crippen molar-refractivity contribution in [3.8, 4) is 0 Å². The summed E-state index contributed by atoms with van der Waals surface area (Å²) in [7, 11) is -3.62. The number of sulfonamides is 1. The first-order valence-corrected chi connectivity index (χ1v) is 9.07. The van der Waals surface area contributed by atoms with Crippen molar-refractivity contribution >= 4 is 31.8 Å². The fraction of sp³-hybridized carbons (Fsp3) is 0.615. The van der Waals surface area contributed by atoms with Crippen molar-refractivity contribution < 1.29 is 8.42 Å². The lowest BCUT2D eigenvalue weighted by atomic mass is 10.1. The van der Waals surface area contributed by atoms with Crippen molar-refractivity contribution in [1.29, 1.82) is 0 Å². The molecule has 1 aromatic heterocycles. The molecule has 0 aromatic carbocycles. The number of nitrogen functional groups attached to an aromatic ring is 1. The molecule has 0 amide bonds. The molecule has 0 spiro atoms. The molecule has 5 nitrogen and oxygen atoms in total. The summed E-state index contributed by atoms with van der Waals surface area (Å²) >= 11 is 3.20. The van der Waals surface area contributed by atoms with Gasteiger partial charge in [0, 0.05) is 16.7 Å². The first-order chi connectivity index (χ1) is 9.36. The minimum absolute atomic E-state index is 0.0129. The number of pyridine rings is 1. The van der Waals surface area contributed by atoms with E-state index >= 15 is 0 Å². The standard InChI is InChI=1S/C13H22BrN3O2S/c1-3-4-5-6-7-10(2)17-20(18,19)12-8-11(14)9-16-13(12)15/h8-10,17H,3-7H2,1-2H3,(H2,15,16). The van der Waals surface area contributed by atoms with Crippen LogP contribution in [0, 0.1) is 0 Å². The van der Waals surface area contributed by atoms with Gasteiger partial charge in [0.2, 0.25) is 10.0 Å². The van der Waals surface area contributed by atoms with Crippen molar-refractivity contribution in [1.82, 2.24) is 9.71 Å². The predicted octanol–water partition coefficient (Wildman–Crippen LogP) is 3.06. The number of nitrogens with one attached hydrogen (secondary N) is 1. The van der Waals surface area contributed by atoms with Crippen LogP contribution in [0.25, 0.3) is 0 Å². The van der Waals surface area contributed by atoms with Crippen molar-refractivity contribution in [2.45, 2.75) is 56.9 Å². The van der Waals surface area contributed by atoms with E-state index in [0.717, 1.165) is 19.3 Å². The molecule has 0 fully saturated rings. The second-order valence-corrected chi connectivity index (χ2v) is 7.51. The third kappa shape index (κ3) is 5.38. The van der Waals surface area contributed by atoms with E-state index in [9.17, 15) is 8.42 Å². The monoisotopic (exact) mass is 363 g/mol. The zero-order chi connectivity index (χ0) is 15.2. The molecular formula is C13H22BrN3O2S. The Kier molecular flexibility index (Phi) is 6.91. The van der Waals surface area contributed by atoms with E-state index in [1.54, 1.807) is 0 Å². The van der Waals surface area contributed by atoms with E-state index in [-0.39, 0.29) is 16.8 Å². The second kappa shape index (κ2) is 7.95. The molecule has 1 rings (SSSR count). The number of hydrogen-bond acceptors (Lipinski definition) is 4. The largest absolute Gasteiger partial charge is 0.383 e. The molecule has 0 bridgehead atoms. The summed E-state index contributed by atoms with van der Waals surface area (Å²) in [4.78, 5) is 3.87. The van der Waals surface area contributed by atoms with Gasteiger partial charge in [-0.3, -0.25) is 0 Å². The Morgan fingerprint density at radius 3 is 2.75 bits per heavy atom. The van der Waals surface area contributed by atoms with Gasteiger partial charge in [-0.2, -0.15) is 0 Å². The van der Waals surface area contributed by atoms with Crippen LogP contribution in [0.5, 0.6) is 0 Å². The van der Waals surface area contributed by atoms with E-state index in [1.807, 2.05) is 6.92 Å². The highest BCUT2D eigenvalue weighted by molar-refractivity contribution is 9.10. The van der Waals surface area contributed by atoms with Gasteiger partial charge in [0.05, 0.1) is 0 Å². The maximum absolute atomic E-state index is 12.3. The lowest BCUT2D eigenvalue weighted by Gasteiger charge is -2.15. The molecule has 3 N–H and O–H groups in total. The second-order valence-electron chi connectivity index (χ2n) is 4.91. The zero-order valence-electron chi connectivity index (χ0n) is 11.9. The molecule has 7 heteroatoms. The molecule has 20 heavy (non-hydrogen) atoms. The highest BCUT2D eigenvalue weighted by Gasteiger charge is 2.21. The molecule has 114 valence electrons. The molecular weight excluding hydrogens is 342 g/mol. The summed E-state index contributed by atoms with van der Waals surface area (Å²) in [6, 6.07) is 1.35. The van der Waals surface area contributed by atoms with Crippen molar-refractivity contribution in [3.63, 3.8) is 0 Å². The highest BCUT2D eigenvalue weighted by Crippen LogP contribution is 2.21. The van der Waals surface area contributed by atoms with Crippen molar-refractivity contribution in [2.75, 3.05) is 5.73 Å². The van der Waals surface area contributed by atoms with E-state index in [1.165, 1.54) is 25.1 Å². The third-order valence-corrected chi connectivity index (χ3v) is 5.04. The Bertz CT molecular complexity index is 534. The van der Waals surface area contributed by atoms with Crippen LogP contribution in [0.3, 0.4) is 0 Å². The van der Waals surface area contributed by atoms with Gasteiger partial charge in [0.15, 0.2) is 0 Å². The van der Waals surface area contributed by atoms with Gasteiger partial charge in [0.1, 0.15) is 10.7 Å². The fourth-order valence-corrected chi connectivity index (χ4v) is 3.78. The Balaban J connectivity index is 2.67. The number of rotatable bonds is 8. The van der Waals surface area contributed by atoms with Crippen molar-refractivity contribution in [3.05, 3.63) is 16.7 Å². The Morgan fingerprint density at radius 2 is 2.10 bits per heavy atom. The van der Waals surface area contributed by atoms with E-state index in [0.29, 0.717) is 4.47 Å². The molecule has 0 aliphatic heterocycles. The SMILES string of the molecule is CCCCCCC(C)NS(=O)(=O)c1cc(Br)cnc1N. The smallest absolute Gasteiger partial charge is 0.244 e.